The second-order valence-electron chi connectivity index (χ2n) is 10.4. The number of halogens is 1. The van der Waals surface area contributed by atoms with Crippen molar-refractivity contribution in [2.45, 2.75) is 53.4 Å². The highest BCUT2D eigenvalue weighted by Gasteiger charge is 2.24. The Balaban J connectivity index is 1.87. The average Bonchev–Trinajstić information content (AvgIpc) is 3.20. The molecule has 2 amide bonds. The van der Waals surface area contributed by atoms with Crippen LogP contribution in [0.3, 0.4) is 0 Å². The Hall–Kier alpha value is -2.93. The van der Waals surface area contributed by atoms with Crippen LogP contribution >= 0.6 is 15.9 Å². The van der Waals surface area contributed by atoms with Gasteiger partial charge in [-0.3, -0.25) is 9.59 Å². The van der Waals surface area contributed by atoms with Crippen LogP contribution < -0.4 is 5.32 Å². The Labute approximate surface area is 216 Å². The van der Waals surface area contributed by atoms with Gasteiger partial charge >= 0.3 is 0 Å². The maximum atomic E-state index is 13.3. The number of aryl methyl sites for hydroxylation is 1. The third-order valence-corrected chi connectivity index (χ3v) is 6.15. The Morgan fingerprint density at radius 3 is 2.43 bits per heavy atom. The molecule has 0 saturated heterocycles. The Morgan fingerprint density at radius 1 is 1.09 bits per heavy atom. The van der Waals surface area contributed by atoms with Gasteiger partial charge in [-0.15, -0.1) is 0 Å². The molecule has 2 aromatic carbocycles. The third kappa shape index (κ3) is 7.28. The Morgan fingerprint density at radius 2 is 1.80 bits per heavy atom. The third-order valence-electron chi connectivity index (χ3n) is 5.66. The molecular formula is C28H35BrN4O2. The summed E-state index contributed by atoms with van der Waals surface area (Å²) in [5.74, 6) is 0.577. The molecule has 0 atom stereocenters. The van der Waals surface area contributed by atoms with Crippen molar-refractivity contribution in [2.24, 2.45) is 5.92 Å². The molecule has 0 unspecified atom stereocenters. The van der Waals surface area contributed by atoms with Gasteiger partial charge in [-0.1, -0.05) is 68.7 Å². The van der Waals surface area contributed by atoms with Gasteiger partial charge in [0.1, 0.15) is 12.4 Å². The SMILES string of the molecule is Cc1cccc(-n2nc(C(C)(C)C)cc2NC(=O)CN(CCC(C)C)C(=O)c2cccc(Br)c2)c1. The van der Waals surface area contributed by atoms with E-state index in [9.17, 15) is 9.59 Å². The van der Waals surface area contributed by atoms with Gasteiger partial charge < -0.3 is 10.2 Å². The summed E-state index contributed by atoms with van der Waals surface area (Å²) < 4.78 is 2.59. The number of aromatic nitrogens is 2. The number of hydrogen-bond donors (Lipinski definition) is 1. The smallest absolute Gasteiger partial charge is 0.254 e. The number of nitrogens with one attached hydrogen (secondary N) is 1. The maximum absolute atomic E-state index is 13.3. The Kier molecular flexibility index (Phi) is 8.54. The molecule has 0 saturated carbocycles. The number of carbonyl (C=O) groups is 2. The van der Waals surface area contributed by atoms with E-state index in [2.05, 4.69) is 55.9 Å². The number of rotatable bonds is 8. The topological polar surface area (TPSA) is 67.2 Å². The summed E-state index contributed by atoms with van der Waals surface area (Å²) >= 11 is 3.43. The van der Waals surface area contributed by atoms with Crippen LogP contribution in [0.4, 0.5) is 5.82 Å². The zero-order valence-corrected chi connectivity index (χ0v) is 23.0. The summed E-state index contributed by atoms with van der Waals surface area (Å²) in [6, 6.07) is 17.2. The molecule has 7 heteroatoms. The van der Waals surface area contributed by atoms with Crippen molar-refractivity contribution in [3.05, 3.63) is 75.9 Å². The highest BCUT2D eigenvalue weighted by Crippen LogP contribution is 2.26. The van der Waals surface area contributed by atoms with Crippen LogP contribution in [0.1, 0.15) is 62.7 Å². The van der Waals surface area contributed by atoms with Gasteiger partial charge in [0, 0.05) is 28.1 Å². The molecule has 0 fully saturated rings. The lowest BCUT2D eigenvalue weighted by Crippen LogP contribution is -2.39. The van der Waals surface area contributed by atoms with Crippen molar-refractivity contribution in [3.8, 4) is 5.69 Å². The van der Waals surface area contributed by atoms with Crippen molar-refractivity contribution in [1.82, 2.24) is 14.7 Å². The first-order chi connectivity index (χ1) is 16.4. The van der Waals surface area contributed by atoms with Crippen molar-refractivity contribution in [3.63, 3.8) is 0 Å². The largest absolute Gasteiger partial charge is 0.329 e. The normalized spacial score (nSPS) is 11.5. The van der Waals surface area contributed by atoms with E-state index in [0.717, 1.165) is 27.8 Å². The van der Waals surface area contributed by atoms with E-state index in [1.54, 1.807) is 21.7 Å². The van der Waals surface area contributed by atoms with Gasteiger partial charge in [-0.25, -0.2) is 4.68 Å². The first kappa shape index (κ1) is 26.7. The maximum Gasteiger partial charge on any atom is 0.254 e. The molecule has 1 aromatic heterocycles. The molecule has 6 nitrogen and oxygen atoms in total. The van der Waals surface area contributed by atoms with Gasteiger partial charge in [0.15, 0.2) is 0 Å². The van der Waals surface area contributed by atoms with Gasteiger partial charge in [-0.2, -0.15) is 5.10 Å². The minimum Gasteiger partial charge on any atom is -0.329 e. The highest BCUT2D eigenvalue weighted by atomic mass is 79.9. The molecule has 1 N–H and O–H groups in total. The molecule has 35 heavy (non-hydrogen) atoms. The van der Waals surface area contributed by atoms with Crippen LogP contribution in [0, 0.1) is 12.8 Å². The standard InChI is InChI=1S/C28H35BrN4O2/c1-19(2)13-14-32(27(35)21-10-8-11-22(29)16-21)18-26(34)30-25-17-24(28(4,5)6)31-33(25)23-12-7-9-20(3)15-23/h7-12,15-17,19H,13-14,18H2,1-6H3,(H,30,34). The van der Waals surface area contributed by atoms with Crippen LogP contribution in [0.2, 0.25) is 0 Å². The summed E-state index contributed by atoms with van der Waals surface area (Å²) in [6.45, 7) is 13.0. The molecule has 3 aromatic rings. The summed E-state index contributed by atoms with van der Waals surface area (Å²) in [5.41, 5.74) is 3.21. The molecular weight excluding hydrogens is 504 g/mol. The van der Waals surface area contributed by atoms with E-state index in [-0.39, 0.29) is 23.8 Å². The lowest BCUT2D eigenvalue weighted by molar-refractivity contribution is -0.117. The number of amides is 2. The molecule has 0 bridgehead atoms. The predicted octanol–water partition coefficient (Wildman–Crippen LogP) is 6.37. The van der Waals surface area contributed by atoms with E-state index >= 15 is 0 Å². The minimum atomic E-state index is -0.258. The summed E-state index contributed by atoms with van der Waals surface area (Å²) in [5, 5.41) is 7.81. The quantitative estimate of drug-likeness (QED) is 0.362. The van der Waals surface area contributed by atoms with E-state index in [1.807, 2.05) is 49.4 Å². The van der Waals surface area contributed by atoms with Crippen molar-refractivity contribution in [1.29, 1.82) is 0 Å². The number of benzene rings is 2. The summed E-state index contributed by atoms with van der Waals surface area (Å²) in [6.07, 6.45) is 0.808. The molecule has 186 valence electrons. The number of hydrogen-bond acceptors (Lipinski definition) is 3. The predicted molar refractivity (Wildman–Crippen MR) is 145 cm³/mol. The minimum absolute atomic E-state index is 0.0398. The second-order valence-corrected chi connectivity index (χ2v) is 11.3. The first-order valence-corrected chi connectivity index (χ1v) is 12.8. The fraction of sp³-hybridized carbons (Fsp3) is 0.393. The van der Waals surface area contributed by atoms with Crippen LogP contribution in [-0.4, -0.2) is 39.6 Å². The van der Waals surface area contributed by atoms with Gasteiger partial charge in [0.25, 0.3) is 5.91 Å². The molecule has 3 rings (SSSR count). The molecule has 0 aliphatic heterocycles. The fourth-order valence-corrected chi connectivity index (χ4v) is 4.02. The van der Waals surface area contributed by atoms with Gasteiger partial charge in [0.05, 0.1) is 11.4 Å². The zero-order chi connectivity index (χ0) is 25.8. The van der Waals surface area contributed by atoms with E-state index in [4.69, 9.17) is 5.10 Å². The van der Waals surface area contributed by atoms with Gasteiger partial charge in [-0.05, 0) is 55.2 Å². The number of carbonyl (C=O) groups excluding carboxylic acids is 2. The lowest BCUT2D eigenvalue weighted by atomic mass is 9.92. The summed E-state index contributed by atoms with van der Waals surface area (Å²) in [7, 11) is 0. The summed E-state index contributed by atoms with van der Waals surface area (Å²) in [4.78, 5) is 28.1. The molecule has 1 heterocycles. The molecule has 0 spiro atoms. The molecule has 0 radical (unpaired) electrons. The average molecular weight is 540 g/mol. The number of nitrogens with zero attached hydrogens (tertiary/aromatic N) is 3. The van der Waals surface area contributed by atoms with Crippen LogP contribution in [0.25, 0.3) is 5.69 Å². The Bertz CT molecular complexity index is 1190. The van der Waals surface area contributed by atoms with Crippen molar-refractivity contribution >= 4 is 33.6 Å². The highest BCUT2D eigenvalue weighted by molar-refractivity contribution is 9.10. The molecule has 0 aliphatic rings. The van der Waals surface area contributed by atoms with Gasteiger partial charge in [0.2, 0.25) is 5.91 Å². The van der Waals surface area contributed by atoms with Crippen molar-refractivity contribution in [2.75, 3.05) is 18.4 Å². The zero-order valence-electron chi connectivity index (χ0n) is 21.4. The monoisotopic (exact) mass is 538 g/mol. The molecule has 0 aliphatic carbocycles. The van der Waals surface area contributed by atoms with E-state index in [1.165, 1.54) is 0 Å². The van der Waals surface area contributed by atoms with Crippen molar-refractivity contribution < 1.29 is 9.59 Å². The lowest BCUT2D eigenvalue weighted by Gasteiger charge is -2.23. The van der Waals surface area contributed by atoms with E-state index in [0.29, 0.717) is 23.8 Å². The fourth-order valence-electron chi connectivity index (χ4n) is 3.62. The van der Waals surface area contributed by atoms with Crippen LogP contribution in [-0.2, 0) is 10.2 Å². The van der Waals surface area contributed by atoms with Crippen LogP contribution in [0.15, 0.2) is 59.1 Å². The number of anilines is 1. The second kappa shape index (κ2) is 11.2. The van der Waals surface area contributed by atoms with E-state index < -0.39 is 0 Å². The van der Waals surface area contributed by atoms with Crippen LogP contribution in [0.5, 0.6) is 0 Å². The first-order valence-electron chi connectivity index (χ1n) is 12.0.